The molecule has 0 aliphatic carbocycles. The van der Waals surface area contributed by atoms with Gasteiger partial charge < -0.3 is 19.2 Å². The van der Waals surface area contributed by atoms with E-state index >= 15 is 0 Å². The summed E-state index contributed by atoms with van der Waals surface area (Å²) >= 11 is 0. The first kappa shape index (κ1) is 29.3. The average molecular weight is 220 g/mol. The van der Waals surface area contributed by atoms with E-state index in [1.165, 1.54) is 6.01 Å². The van der Waals surface area contributed by atoms with Crippen LogP contribution in [0, 0.1) is 10.8 Å². The van der Waals surface area contributed by atoms with E-state index in [4.69, 9.17) is 30.1 Å². The van der Waals surface area contributed by atoms with E-state index < -0.39 is 7.82 Å². The van der Waals surface area contributed by atoms with Crippen molar-refractivity contribution < 1.29 is 78.4 Å². The van der Waals surface area contributed by atoms with Crippen LogP contribution in [0.25, 0.3) is 0 Å². The predicted molar refractivity (Wildman–Crippen MR) is 27.5 cm³/mol. The molecule has 6 nitrogen and oxygen atoms in total. The smallest absolute Gasteiger partial charge is 0.790 e. The summed E-state index contributed by atoms with van der Waals surface area (Å²) in [5, 5.41) is 11.2. The zero-order chi connectivity index (χ0) is 7.21. The minimum Gasteiger partial charge on any atom is -0.790 e. The Morgan fingerprint density at radius 2 is 1.27 bits per heavy atom. The third kappa shape index (κ3) is 356. The third-order valence-corrected chi connectivity index (χ3v) is 0. The van der Waals surface area contributed by atoms with Gasteiger partial charge in [0.05, 0.1) is 13.8 Å². The van der Waals surface area contributed by atoms with Gasteiger partial charge in [-0.15, -0.1) is 12.4 Å². The zero-order valence-electron chi connectivity index (χ0n) is 6.03. The van der Waals surface area contributed by atoms with E-state index in [0.29, 0.717) is 0 Å². The molecular formula is CH4ClN2Na2O4P. The maximum Gasteiger partial charge on any atom is 1.00 e. The molecule has 3 N–H and O–H groups in total. The van der Waals surface area contributed by atoms with Gasteiger partial charge in [0.25, 0.3) is 0 Å². The van der Waals surface area contributed by atoms with Gasteiger partial charge in [0.2, 0.25) is 0 Å². The van der Waals surface area contributed by atoms with Gasteiger partial charge in [-0.1, -0.05) is 0 Å². The van der Waals surface area contributed by atoms with Crippen LogP contribution in [-0.2, 0) is 4.57 Å². The van der Waals surface area contributed by atoms with Crippen molar-refractivity contribution in [2.45, 2.75) is 0 Å². The van der Waals surface area contributed by atoms with Crippen molar-refractivity contribution >= 4 is 26.2 Å². The second-order valence-corrected chi connectivity index (χ2v) is 1.53. The van der Waals surface area contributed by atoms with Gasteiger partial charge in [-0.2, -0.15) is 0 Å². The Morgan fingerprint density at radius 1 is 1.27 bits per heavy atom. The van der Waals surface area contributed by atoms with Crippen LogP contribution in [-0.4, -0.2) is 10.9 Å². The molecule has 0 heterocycles. The van der Waals surface area contributed by atoms with E-state index in [1.54, 1.807) is 0 Å². The Hall–Kier alpha value is 1.78. The van der Waals surface area contributed by atoms with Gasteiger partial charge in [0.1, 0.15) is 0 Å². The number of hydrogen-bond acceptors (Lipinski definition) is 5. The van der Waals surface area contributed by atoms with Gasteiger partial charge in [0.15, 0.2) is 0 Å². The fraction of sp³-hybridized carbons (Fsp3) is 0. The second-order valence-electron chi connectivity index (χ2n) is 0.594. The Kier molecular flexibility index (Phi) is 47.3. The van der Waals surface area contributed by atoms with Crippen LogP contribution in [0.15, 0.2) is 0 Å². The van der Waals surface area contributed by atoms with Gasteiger partial charge in [-0.25, -0.2) is 10.8 Å². The molecule has 0 unspecified atom stereocenters. The van der Waals surface area contributed by atoms with Crippen molar-refractivity contribution in [1.29, 1.82) is 10.8 Å². The Bertz CT molecular complexity index is 124. The van der Waals surface area contributed by atoms with Crippen molar-refractivity contribution in [2.75, 3.05) is 0 Å². The molecule has 0 atom stereocenters. The van der Waals surface area contributed by atoms with Gasteiger partial charge >= 0.3 is 59.1 Å². The molecule has 56 valence electrons. The SMILES string of the molecule is Cl.N=C=N.O=P([O-])([O-])O.[Na+].[Na+]. The quantitative estimate of drug-likeness (QED) is 0.213. The predicted octanol–water partition coefficient (Wildman–Crippen LogP) is -7.44. The first-order chi connectivity index (χ1) is 3.41. The summed E-state index contributed by atoms with van der Waals surface area (Å²) in [7, 11) is -5.14. The fourth-order valence-corrected chi connectivity index (χ4v) is 0. The molecule has 11 heavy (non-hydrogen) atoms. The summed E-state index contributed by atoms with van der Waals surface area (Å²) in [6.45, 7) is 0. The first-order valence-corrected chi connectivity index (χ1v) is 2.74. The normalized spacial score (nSPS) is 6.09. The Morgan fingerprint density at radius 3 is 1.27 bits per heavy atom. The number of nitrogens with one attached hydrogen (secondary N) is 2. The molecule has 0 aromatic carbocycles. The summed E-state index contributed by atoms with van der Waals surface area (Å²) in [5.74, 6) is 0. The fourth-order valence-electron chi connectivity index (χ4n) is 0. The summed E-state index contributed by atoms with van der Waals surface area (Å²) in [5.41, 5.74) is 0. The van der Waals surface area contributed by atoms with Crippen LogP contribution in [0.2, 0.25) is 0 Å². The molecule has 0 fully saturated rings. The summed E-state index contributed by atoms with van der Waals surface area (Å²) < 4.78 is 8.66. The molecule has 0 saturated carbocycles. The molecule has 0 aliphatic heterocycles. The topological polar surface area (TPSA) is 131 Å². The molecule has 0 aromatic rings. The van der Waals surface area contributed by atoms with E-state index in [-0.39, 0.29) is 71.5 Å². The molecular weight excluding hydrogens is 216 g/mol. The molecule has 0 rings (SSSR count). The van der Waals surface area contributed by atoms with E-state index in [2.05, 4.69) is 0 Å². The van der Waals surface area contributed by atoms with Gasteiger partial charge in [-0.05, 0) is 0 Å². The maximum absolute atomic E-state index is 8.66. The van der Waals surface area contributed by atoms with Crippen LogP contribution in [0.5, 0.6) is 0 Å². The van der Waals surface area contributed by atoms with Crippen LogP contribution < -0.4 is 68.9 Å². The standard InChI is InChI=1S/CH2N2.ClH.2Na.H3O4P/c2-1-3;;;;1-5(2,3)4/h2-3H;1H;;;(H3,1,2,3,4)/q;;2*+1;/p-2. The monoisotopic (exact) mass is 220 g/mol. The number of phosphoric acid groups is 1. The van der Waals surface area contributed by atoms with E-state index in [1.807, 2.05) is 0 Å². The molecule has 0 aliphatic rings. The Balaban J connectivity index is -0.0000000183. The maximum atomic E-state index is 8.66. The molecule has 0 radical (unpaired) electrons. The summed E-state index contributed by atoms with van der Waals surface area (Å²) in [6, 6.07) is 1.25. The molecule has 0 spiro atoms. The second kappa shape index (κ2) is 17.8. The van der Waals surface area contributed by atoms with E-state index in [9.17, 15) is 0 Å². The van der Waals surface area contributed by atoms with Crippen molar-refractivity contribution in [3.63, 3.8) is 0 Å². The largest absolute Gasteiger partial charge is 1.00 e. The summed E-state index contributed by atoms with van der Waals surface area (Å²) in [4.78, 5) is 24.3. The number of rotatable bonds is 0. The van der Waals surface area contributed by atoms with Gasteiger partial charge in [0, 0.05) is 0 Å². The van der Waals surface area contributed by atoms with Crippen molar-refractivity contribution in [3.05, 3.63) is 0 Å². The minimum atomic E-state index is -5.14. The number of hydrogen-bond donors (Lipinski definition) is 3. The molecule has 0 aromatic heterocycles. The van der Waals surface area contributed by atoms with Crippen molar-refractivity contribution in [3.8, 4) is 0 Å². The van der Waals surface area contributed by atoms with Crippen molar-refractivity contribution in [2.24, 2.45) is 0 Å². The van der Waals surface area contributed by atoms with Crippen LogP contribution >= 0.6 is 20.2 Å². The summed E-state index contributed by atoms with van der Waals surface area (Å²) in [6.07, 6.45) is 0. The molecule has 0 bridgehead atoms. The average Bonchev–Trinajstić information content (AvgIpc) is 1.27. The molecule has 10 heteroatoms. The first-order valence-electron chi connectivity index (χ1n) is 1.25. The van der Waals surface area contributed by atoms with Gasteiger partial charge in [-0.3, -0.25) is 0 Å². The number of halogens is 1. The molecule has 0 amide bonds. The third-order valence-electron chi connectivity index (χ3n) is 0. The van der Waals surface area contributed by atoms with Crippen LogP contribution in [0.4, 0.5) is 0 Å². The molecule has 0 saturated heterocycles. The van der Waals surface area contributed by atoms with Crippen molar-refractivity contribution in [1.82, 2.24) is 0 Å². The zero-order valence-corrected chi connectivity index (χ0v) is 11.7. The minimum absolute atomic E-state index is 0. The Labute approximate surface area is 114 Å². The van der Waals surface area contributed by atoms with Crippen LogP contribution in [0.1, 0.15) is 0 Å². The van der Waals surface area contributed by atoms with E-state index in [0.717, 1.165) is 0 Å². The van der Waals surface area contributed by atoms with Crippen LogP contribution in [0.3, 0.4) is 0 Å².